The minimum Gasteiger partial charge on any atom is -0.497 e. The number of hydrogen-bond acceptors (Lipinski definition) is 7. The number of hydrogen-bond donors (Lipinski definition) is 3. The molecule has 28 heavy (non-hydrogen) atoms. The van der Waals surface area contributed by atoms with Gasteiger partial charge in [-0.25, -0.2) is 5.43 Å². The average molecular weight is 379 g/mol. The minimum absolute atomic E-state index is 0.0822. The fourth-order valence-corrected chi connectivity index (χ4v) is 2.78. The van der Waals surface area contributed by atoms with Crippen LogP contribution < -0.4 is 26.9 Å². The Kier molecular flexibility index (Phi) is 5.66. The number of aromatic nitrogens is 3. The molecule has 0 aliphatic heterocycles. The number of amidine groups is 1. The first-order valence-corrected chi connectivity index (χ1v) is 8.48. The lowest BCUT2D eigenvalue weighted by Crippen LogP contribution is -2.33. The lowest BCUT2D eigenvalue weighted by atomic mass is 10.2. The number of pyridine rings is 1. The summed E-state index contributed by atoms with van der Waals surface area (Å²) in [5.74, 6) is 1.64. The molecule has 0 bridgehead atoms. The Morgan fingerprint density at radius 1 is 1.18 bits per heavy atom. The van der Waals surface area contributed by atoms with Crippen molar-refractivity contribution in [2.45, 2.75) is 0 Å². The Morgan fingerprint density at radius 2 is 1.86 bits per heavy atom. The van der Waals surface area contributed by atoms with E-state index in [1.807, 2.05) is 24.3 Å². The molecule has 3 aromatic rings. The molecule has 0 saturated heterocycles. The Hall–Kier alpha value is -3.72. The van der Waals surface area contributed by atoms with Crippen LogP contribution in [0, 0.1) is 0 Å². The molecule has 9 heteroatoms. The van der Waals surface area contributed by atoms with Crippen LogP contribution in [0.4, 0.5) is 5.82 Å². The van der Waals surface area contributed by atoms with Crippen LogP contribution in [-0.2, 0) is 0 Å². The first-order valence-electron chi connectivity index (χ1n) is 8.48. The molecule has 0 unspecified atom stereocenters. The number of rotatable bonds is 6. The molecule has 1 aromatic carbocycles. The Bertz CT molecular complexity index is 1040. The van der Waals surface area contributed by atoms with Crippen molar-refractivity contribution in [1.29, 1.82) is 0 Å². The quantitative estimate of drug-likeness (QED) is 0.334. The molecular weight excluding hydrogens is 358 g/mol. The van der Waals surface area contributed by atoms with Crippen molar-refractivity contribution in [3.8, 4) is 22.8 Å². The summed E-state index contributed by atoms with van der Waals surface area (Å²) in [7, 11) is 4.81. The van der Waals surface area contributed by atoms with Crippen LogP contribution in [-0.4, -0.2) is 41.6 Å². The van der Waals surface area contributed by atoms with Gasteiger partial charge in [0.25, 0.3) is 5.56 Å². The van der Waals surface area contributed by atoms with Crippen LogP contribution >= 0.6 is 0 Å². The van der Waals surface area contributed by atoms with E-state index in [9.17, 15) is 4.79 Å². The van der Waals surface area contributed by atoms with Gasteiger partial charge in [-0.3, -0.25) is 19.3 Å². The highest BCUT2D eigenvalue weighted by atomic mass is 16.5. The fraction of sp³-hybridized carbons (Fsp3) is 0.158. The number of nitrogens with one attached hydrogen (secondary N) is 2. The third-order valence-corrected chi connectivity index (χ3v) is 4.10. The van der Waals surface area contributed by atoms with E-state index in [0.29, 0.717) is 17.4 Å². The van der Waals surface area contributed by atoms with Crippen LogP contribution in [0.1, 0.15) is 5.56 Å². The van der Waals surface area contributed by atoms with Crippen molar-refractivity contribution in [3.63, 3.8) is 0 Å². The van der Waals surface area contributed by atoms with Gasteiger partial charge >= 0.3 is 0 Å². The van der Waals surface area contributed by atoms with E-state index in [2.05, 4.69) is 25.8 Å². The number of nitrogens with zero attached hydrogens (tertiary/aromatic N) is 4. The predicted octanol–water partition coefficient (Wildman–Crippen LogP) is 1.18. The Morgan fingerprint density at radius 3 is 2.43 bits per heavy atom. The monoisotopic (exact) mass is 379 g/mol. The molecule has 4 N–H and O–H groups in total. The van der Waals surface area contributed by atoms with Crippen LogP contribution in [0.5, 0.6) is 5.75 Å². The van der Waals surface area contributed by atoms with Gasteiger partial charge in [-0.2, -0.15) is 4.98 Å². The molecule has 0 fully saturated rings. The van der Waals surface area contributed by atoms with Crippen molar-refractivity contribution < 1.29 is 4.74 Å². The van der Waals surface area contributed by atoms with E-state index in [-0.39, 0.29) is 11.4 Å². The van der Waals surface area contributed by atoms with Crippen molar-refractivity contribution in [3.05, 3.63) is 64.7 Å². The third kappa shape index (κ3) is 3.55. The summed E-state index contributed by atoms with van der Waals surface area (Å²) in [6.45, 7) is 0. The molecule has 2 aromatic heterocycles. The maximum absolute atomic E-state index is 12.8. The molecule has 0 radical (unpaired) electrons. The zero-order valence-corrected chi connectivity index (χ0v) is 15.8. The van der Waals surface area contributed by atoms with Gasteiger partial charge in [-0.1, -0.05) is 0 Å². The Labute approximate surface area is 161 Å². The van der Waals surface area contributed by atoms with Gasteiger partial charge in [0.2, 0.25) is 0 Å². The zero-order chi connectivity index (χ0) is 20.1. The highest BCUT2D eigenvalue weighted by molar-refractivity contribution is 6.01. The number of benzene rings is 1. The van der Waals surface area contributed by atoms with Crippen molar-refractivity contribution in [1.82, 2.24) is 20.0 Å². The van der Waals surface area contributed by atoms with E-state index >= 15 is 0 Å². The lowest BCUT2D eigenvalue weighted by Gasteiger charge is -2.21. The van der Waals surface area contributed by atoms with Crippen LogP contribution in [0.3, 0.4) is 0 Å². The number of nitrogens with two attached hydrogens (primary N) is 1. The van der Waals surface area contributed by atoms with E-state index in [1.165, 1.54) is 7.05 Å². The highest BCUT2D eigenvalue weighted by Gasteiger charge is 2.21. The molecule has 0 spiro atoms. The van der Waals surface area contributed by atoms with Gasteiger partial charge < -0.3 is 15.9 Å². The molecule has 0 aliphatic carbocycles. The predicted molar refractivity (Wildman–Crippen MR) is 109 cm³/mol. The van der Waals surface area contributed by atoms with Gasteiger partial charge in [-0.05, 0) is 36.4 Å². The topological polar surface area (TPSA) is 119 Å². The number of anilines is 1. The number of methoxy groups -OCH3 is 1. The van der Waals surface area contributed by atoms with Gasteiger partial charge in [0.1, 0.15) is 28.8 Å². The molecule has 9 nitrogen and oxygen atoms in total. The standard InChI is InChI=1S/C19H21N7O2/c1-21-16(20)15-18(25-22-2)26(13-4-6-14(28-3)7-5-13)17(24-19(15)27)12-8-10-23-11-9-12/h4-11,22,25H,1-3H3,(H2,20,21). The Balaban J connectivity index is 2.41. The second-order valence-electron chi connectivity index (χ2n) is 5.72. The number of ether oxygens (including phenoxy) is 1. The molecule has 2 heterocycles. The van der Waals surface area contributed by atoms with Crippen LogP contribution in [0.2, 0.25) is 0 Å². The fourth-order valence-electron chi connectivity index (χ4n) is 2.78. The molecule has 0 aliphatic rings. The van der Waals surface area contributed by atoms with E-state index < -0.39 is 5.56 Å². The van der Waals surface area contributed by atoms with Gasteiger partial charge in [0.05, 0.1) is 7.11 Å². The second kappa shape index (κ2) is 8.31. The van der Waals surface area contributed by atoms with Crippen LogP contribution in [0.15, 0.2) is 58.6 Å². The van der Waals surface area contributed by atoms with Gasteiger partial charge in [0.15, 0.2) is 0 Å². The smallest absolute Gasteiger partial charge is 0.286 e. The molecule has 144 valence electrons. The summed E-state index contributed by atoms with van der Waals surface area (Å²) in [5.41, 5.74) is 13.0. The van der Waals surface area contributed by atoms with E-state index in [0.717, 1.165) is 11.3 Å². The minimum atomic E-state index is -0.488. The summed E-state index contributed by atoms with van der Waals surface area (Å²) < 4.78 is 7.04. The number of hydrazine groups is 1. The maximum Gasteiger partial charge on any atom is 0.286 e. The molecule has 3 rings (SSSR count). The van der Waals surface area contributed by atoms with Gasteiger partial charge in [-0.15, -0.1) is 0 Å². The first kappa shape index (κ1) is 19.1. The average Bonchev–Trinajstić information content (AvgIpc) is 2.74. The summed E-state index contributed by atoms with van der Waals surface area (Å²) in [4.78, 5) is 25.1. The number of aliphatic imine (C=N–C) groups is 1. The molecular formula is C19H21N7O2. The summed E-state index contributed by atoms with van der Waals surface area (Å²) >= 11 is 0. The largest absolute Gasteiger partial charge is 0.497 e. The molecule has 0 atom stereocenters. The van der Waals surface area contributed by atoms with Crippen LogP contribution in [0.25, 0.3) is 17.1 Å². The summed E-state index contributed by atoms with van der Waals surface area (Å²) in [5, 5.41) is 0. The SMILES string of the molecule is CN=C(N)c1c(NNC)n(-c2ccc(OC)cc2)c(-c2ccncc2)nc1=O. The highest BCUT2D eigenvalue weighted by Crippen LogP contribution is 2.27. The van der Waals surface area contributed by atoms with Crippen molar-refractivity contribution in [2.75, 3.05) is 26.6 Å². The summed E-state index contributed by atoms with van der Waals surface area (Å²) in [6.07, 6.45) is 3.28. The third-order valence-electron chi connectivity index (χ3n) is 4.10. The first-order chi connectivity index (χ1) is 13.6. The second-order valence-corrected chi connectivity index (χ2v) is 5.72. The normalized spacial score (nSPS) is 11.3. The van der Waals surface area contributed by atoms with E-state index in [4.69, 9.17) is 10.5 Å². The van der Waals surface area contributed by atoms with E-state index in [1.54, 1.807) is 43.3 Å². The van der Waals surface area contributed by atoms with Gasteiger partial charge in [0, 0.05) is 37.7 Å². The van der Waals surface area contributed by atoms with Crippen molar-refractivity contribution in [2.24, 2.45) is 10.7 Å². The maximum atomic E-state index is 12.8. The summed E-state index contributed by atoms with van der Waals surface area (Å²) in [6, 6.07) is 10.9. The molecule has 0 amide bonds. The lowest BCUT2D eigenvalue weighted by molar-refractivity contribution is 0.414. The molecule has 0 saturated carbocycles. The zero-order valence-electron chi connectivity index (χ0n) is 15.8. The van der Waals surface area contributed by atoms with Crippen molar-refractivity contribution >= 4 is 11.7 Å².